The first-order valence-electron chi connectivity index (χ1n) is 13.1. The molecule has 8 unspecified atom stereocenters. The van der Waals surface area contributed by atoms with Crippen LogP contribution in [-0.2, 0) is 36.7 Å². The van der Waals surface area contributed by atoms with Crippen LogP contribution >= 0.6 is 14.9 Å². The number of hydrogen-bond donors (Lipinski definition) is 5. The fourth-order valence-electron chi connectivity index (χ4n) is 5.35. The molecule has 21 nitrogen and oxygen atoms in total. The van der Waals surface area contributed by atoms with Crippen LogP contribution < -0.4 is 17.0 Å². The summed E-state index contributed by atoms with van der Waals surface area (Å²) in [5.74, 6) is -0.172. The molecular weight excluding hydrogens is 640 g/mol. The molecule has 10 atom stereocenters. The SMILES string of the molecule is [B][P@]1(=O)OCC2OC(n3cnc4c(=O)[nH]c(N)nc43)C(O[P@@]([B])(=O)OCC3OC(n4cnc5c(N)ncnc54)C(O)C3O1)C2O. The van der Waals surface area contributed by atoms with E-state index in [1.807, 2.05) is 0 Å². The van der Waals surface area contributed by atoms with E-state index in [-0.39, 0.29) is 34.1 Å². The number of hydrogen-bond acceptors (Lipinski definition) is 18. The minimum absolute atomic E-state index is 0.0633. The van der Waals surface area contributed by atoms with E-state index in [9.17, 15) is 24.1 Å². The number of nitrogens with zero attached hydrogens (tertiary/aromatic N) is 7. The number of aromatic amines is 1. The molecule has 0 aromatic carbocycles. The highest BCUT2D eigenvalue weighted by molar-refractivity contribution is 7.79. The van der Waals surface area contributed by atoms with E-state index in [0.29, 0.717) is 0 Å². The number of rotatable bonds is 2. The zero-order chi connectivity index (χ0) is 31.8. The second-order valence-corrected chi connectivity index (χ2v) is 13.4. The van der Waals surface area contributed by atoms with Crippen molar-refractivity contribution in [2.24, 2.45) is 0 Å². The maximum absolute atomic E-state index is 13.4. The van der Waals surface area contributed by atoms with Crippen LogP contribution in [0, 0.1) is 0 Å². The van der Waals surface area contributed by atoms with Crippen LogP contribution in [0.25, 0.3) is 22.3 Å². The fourth-order valence-corrected chi connectivity index (χ4v) is 7.35. The standard InChI is InChI=1S/C20H22B2N10O11P2/c21-44(36)38-1-6-10(33)13(19(40-6)32-5-28-9-16(32)29-20(24)30-17(9)35)43-45(22,37)39-2-7-12(42-44)11(34)18(41-7)31-4-27-8-14(23)25-3-26-15(8)31/h3-7,10-13,18-19,33-34H,1-2H2,(H2,23,25,26)(H3,24,29,30,35)/t6?,7?,10?,11?,12?,13?,18?,19?,44-,45-/m0/s1. The predicted octanol–water partition coefficient (Wildman–Crippen LogP) is -1.99. The highest BCUT2D eigenvalue weighted by Crippen LogP contribution is 2.53. The Kier molecular flexibility index (Phi) is 7.40. The number of aromatic nitrogens is 8. The third-order valence-corrected chi connectivity index (χ3v) is 9.48. The van der Waals surface area contributed by atoms with Crippen molar-refractivity contribution in [3.63, 3.8) is 0 Å². The molecule has 4 radical (unpaired) electrons. The number of H-pyrrole nitrogens is 1. The van der Waals surface area contributed by atoms with Crippen molar-refractivity contribution in [2.45, 2.75) is 49.1 Å². The van der Waals surface area contributed by atoms with Crippen molar-refractivity contribution in [1.29, 1.82) is 0 Å². The lowest BCUT2D eigenvalue weighted by molar-refractivity contribution is -0.0578. The van der Waals surface area contributed by atoms with Gasteiger partial charge in [0.15, 0.2) is 35.1 Å². The summed E-state index contributed by atoms with van der Waals surface area (Å²) in [6.45, 7) is -1.31. The summed E-state index contributed by atoms with van der Waals surface area (Å²) in [5, 5.41) is 22.3. The summed E-state index contributed by atoms with van der Waals surface area (Å²) >= 11 is 0. The molecule has 0 saturated carbocycles. The van der Waals surface area contributed by atoms with Gasteiger partial charge in [0.05, 0.1) is 25.9 Å². The molecule has 45 heavy (non-hydrogen) atoms. The molecule has 3 fully saturated rings. The summed E-state index contributed by atoms with van der Waals surface area (Å²) in [5.41, 5.74) is 11.1. The Morgan fingerprint density at radius 3 is 2.20 bits per heavy atom. The van der Waals surface area contributed by atoms with Crippen molar-refractivity contribution >= 4 is 64.2 Å². The first-order valence-corrected chi connectivity index (χ1v) is 16.3. The van der Waals surface area contributed by atoms with E-state index in [4.69, 9.17) is 54.2 Å². The lowest BCUT2D eigenvalue weighted by atomic mass is 10.1. The molecule has 7 rings (SSSR count). The van der Waals surface area contributed by atoms with Gasteiger partial charge in [-0.2, -0.15) is 4.98 Å². The van der Waals surface area contributed by atoms with E-state index in [0.717, 1.165) is 6.33 Å². The number of fused-ring (bicyclic) bond motifs is 5. The van der Waals surface area contributed by atoms with Crippen molar-refractivity contribution in [3.05, 3.63) is 29.3 Å². The second kappa shape index (κ2) is 10.9. The summed E-state index contributed by atoms with van der Waals surface area (Å²) in [6, 6.07) is 0. The number of anilines is 2. The summed E-state index contributed by atoms with van der Waals surface area (Å²) in [4.78, 5) is 34.8. The van der Waals surface area contributed by atoms with Gasteiger partial charge in [0.1, 0.15) is 48.5 Å². The molecule has 234 valence electrons. The van der Waals surface area contributed by atoms with Crippen LogP contribution in [0.1, 0.15) is 12.5 Å². The average molecular weight is 662 g/mol. The zero-order valence-electron chi connectivity index (χ0n) is 22.7. The van der Waals surface area contributed by atoms with E-state index in [2.05, 4.69) is 29.9 Å². The molecule has 0 spiro atoms. The van der Waals surface area contributed by atoms with Gasteiger partial charge in [-0.25, -0.2) is 19.9 Å². The number of imidazole rings is 2. The van der Waals surface area contributed by atoms with Gasteiger partial charge < -0.3 is 49.2 Å². The van der Waals surface area contributed by atoms with Crippen LogP contribution in [0.5, 0.6) is 0 Å². The molecule has 25 heteroatoms. The molecule has 0 aliphatic carbocycles. The van der Waals surface area contributed by atoms with Gasteiger partial charge in [-0.1, -0.05) is 0 Å². The maximum atomic E-state index is 13.4. The first-order chi connectivity index (χ1) is 21.3. The number of nitrogens with two attached hydrogens (primary N) is 2. The van der Waals surface area contributed by atoms with Crippen molar-refractivity contribution in [1.82, 2.24) is 39.0 Å². The summed E-state index contributed by atoms with van der Waals surface area (Å²) in [7, 11) is 2.69. The number of aliphatic hydroxyl groups excluding tert-OH is 2. The number of aliphatic hydroxyl groups is 2. The minimum Gasteiger partial charge on any atom is -0.387 e. The van der Waals surface area contributed by atoms with Gasteiger partial charge in [-0.05, 0) is 0 Å². The van der Waals surface area contributed by atoms with Crippen LogP contribution in [-0.4, -0.2) is 114 Å². The Morgan fingerprint density at radius 2 is 1.47 bits per heavy atom. The van der Waals surface area contributed by atoms with Crippen LogP contribution in [0.3, 0.4) is 0 Å². The summed E-state index contributed by atoms with van der Waals surface area (Å²) in [6.07, 6.45) is -7.94. The number of nitrogens with one attached hydrogen (secondary N) is 1. The predicted molar refractivity (Wildman–Crippen MR) is 151 cm³/mol. The van der Waals surface area contributed by atoms with E-state index in [1.165, 1.54) is 21.8 Å². The first kappa shape index (κ1) is 30.4. The molecule has 7 heterocycles. The third kappa shape index (κ3) is 5.38. The normalized spacial score (nSPS) is 37.6. The Balaban J connectivity index is 1.21. The van der Waals surface area contributed by atoms with E-state index >= 15 is 0 Å². The molecule has 3 aliphatic heterocycles. The molecule has 0 amide bonds. The largest absolute Gasteiger partial charge is 0.387 e. The highest BCUT2D eigenvalue weighted by Gasteiger charge is 2.52. The van der Waals surface area contributed by atoms with Crippen molar-refractivity contribution in [3.8, 4) is 0 Å². The monoisotopic (exact) mass is 662 g/mol. The quantitative estimate of drug-likeness (QED) is 0.115. The van der Waals surface area contributed by atoms with Gasteiger partial charge >= 0.3 is 0 Å². The van der Waals surface area contributed by atoms with Crippen LogP contribution in [0.15, 0.2) is 23.8 Å². The van der Waals surface area contributed by atoms with Crippen LogP contribution in [0.4, 0.5) is 11.8 Å². The Morgan fingerprint density at radius 1 is 0.844 bits per heavy atom. The fraction of sp³-hybridized carbons (Fsp3) is 0.500. The molecule has 3 aliphatic rings. The average Bonchev–Trinajstić information content (AvgIpc) is 3.72. The van der Waals surface area contributed by atoms with Gasteiger partial charge in [-0.15, -0.1) is 0 Å². The molecular formula is C20H22B2N10O11P2. The Labute approximate surface area is 253 Å². The maximum Gasteiger partial charge on any atom is 0.280 e. The summed E-state index contributed by atoms with van der Waals surface area (Å²) < 4.78 is 62.9. The lowest BCUT2D eigenvalue weighted by Crippen LogP contribution is -2.36. The van der Waals surface area contributed by atoms with Gasteiger partial charge in [-0.3, -0.25) is 28.0 Å². The zero-order valence-corrected chi connectivity index (χ0v) is 24.5. The van der Waals surface area contributed by atoms with Gasteiger partial charge in [0.2, 0.25) is 21.1 Å². The highest BCUT2D eigenvalue weighted by atomic mass is 31.2. The van der Waals surface area contributed by atoms with E-state index in [1.54, 1.807) is 0 Å². The van der Waals surface area contributed by atoms with Gasteiger partial charge in [0, 0.05) is 0 Å². The minimum atomic E-state index is -4.58. The third-order valence-electron chi connectivity index (χ3n) is 7.38. The van der Waals surface area contributed by atoms with E-state index < -0.39 is 82.8 Å². The van der Waals surface area contributed by atoms with Gasteiger partial charge in [0.25, 0.3) is 20.5 Å². The molecule has 2 bridgehead atoms. The lowest BCUT2D eigenvalue weighted by Gasteiger charge is -2.28. The second-order valence-electron chi connectivity index (χ2n) is 10.3. The van der Waals surface area contributed by atoms with Crippen molar-refractivity contribution in [2.75, 3.05) is 24.7 Å². The van der Waals surface area contributed by atoms with Crippen molar-refractivity contribution < 1.29 is 46.9 Å². The Bertz CT molecular complexity index is 1940. The number of nitrogen functional groups attached to an aromatic ring is 2. The molecule has 3 saturated heterocycles. The molecule has 7 N–H and O–H groups in total. The number of ether oxygens (including phenoxy) is 2. The molecule has 4 aromatic rings. The Hall–Kier alpha value is -3.23. The van der Waals surface area contributed by atoms with Crippen LogP contribution in [0.2, 0.25) is 0 Å². The topological polar surface area (TPSA) is 289 Å². The molecule has 4 aromatic heterocycles. The smallest absolute Gasteiger partial charge is 0.280 e.